The maximum absolute atomic E-state index is 12.5. The van der Waals surface area contributed by atoms with Gasteiger partial charge in [-0.15, -0.1) is 0 Å². The minimum atomic E-state index is -3.11. The van der Waals surface area contributed by atoms with E-state index in [0.717, 1.165) is 24.9 Å². The number of nitrogens with one attached hydrogen (secondary N) is 1. The molecule has 1 atom stereocenters. The largest absolute Gasteiger partial charge is 0.313 e. The van der Waals surface area contributed by atoms with Crippen LogP contribution >= 0.6 is 0 Å². The summed E-state index contributed by atoms with van der Waals surface area (Å²) in [4.78, 5) is 0.563. The third-order valence-electron chi connectivity index (χ3n) is 5.48. The highest BCUT2D eigenvalue weighted by atomic mass is 32.2. The van der Waals surface area contributed by atoms with Crippen LogP contribution in [0.2, 0.25) is 0 Å². The van der Waals surface area contributed by atoms with Crippen molar-refractivity contribution in [2.45, 2.75) is 56.4 Å². The molecule has 0 bridgehead atoms. The summed E-state index contributed by atoms with van der Waals surface area (Å²) >= 11 is 0. The van der Waals surface area contributed by atoms with E-state index in [1.54, 1.807) is 6.07 Å². The zero-order chi connectivity index (χ0) is 15.1. The minimum absolute atomic E-state index is 0.0439. The lowest BCUT2D eigenvalue weighted by Crippen LogP contribution is -2.40. The summed E-state index contributed by atoms with van der Waals surface area (Å²) in [7, 11) is -3.11. The Bertz CT molecular complexity index is 615. The van der Waals surface area contributed by atoms with E-state index in [4.69, 9.17) is 0 Å². The van der Waals surface area contributed by atoms with Gasteiger partial charge in [-0.2, -0.15) is 0 Å². The van der Waals surface area contributed by atoms with Crippen LogP contribution in [0.1, 0.15) is 51.0 Å². The van der Waals surface area contributed by atoms with Gasteiger partial charge in [0.05, 0.1) is 10.6 Å². The topological polar surface area (TPSA) is 46.2 Å². The van der Waals surface area contributed by atoms with Crippen LogP contribution in [-0.4, -0.2) is 26.8 Å². The van der Waals surface area contributed by atoms with Gasteiger partial charge < -0.3 is 5.32 Å². The van der Waals surface area contributed by atoms with E-state index < -0.39 is 9.84 Å². The van der Waals surface area contributed by atoms with Crippen molar-refractivity contribution in [3.8, 4) is 0 Å². The Morgan fingerprint density at radius 1 is 1.19 bits per heavy atom. The van der Waals surface area contributed by atoms with Crippen molar-refractivity contribution in [3.05, 3.63) is 29.8 Å². The monoisotopic (exact) mass is 307 g/mol. The number of hydrogen-bond acceptors (Lipinski definition) is 3. The van der Waals surface area contributed by atoms with Gasteiger partial charge >= 0.3 is 0 Å². The van der Waals surface area contributed by atoms with Crippen molar-refractivity contribution in [2.24, 2.45) is 5.41 Å². The zero-order valence-electron chi connectivity index (χ0n) is 12.9. The Morgan fingerprint density at radius 2 is 1.86 bits per heavy atom. The highest BCUT2D eigenvalue weighted by molar-refractivity contribution is 7.91. The van der Waals surface area contributed by atoms with Gasteiger partial charge in [0.1, 0.15) is 0 Å². The van der Waals surface area contributed by atoms with Gasteiger partial charge in [-0.1, -0.05) is 32.0 Å². The summed E-state index contributed by atoms with van der Waals surface area (Å²) in [6.07, 6.45) is 4.56. The van der Waals surface area contributed by atoms with E-state index in [1.807, 2.05) is 18.2 Å². The van der Waals surface area contributed by atoms with Crippen LogP contribution in [0.3, 0.4) is 0 Å². The molecule has 2 aliphatic rings. The summed E-state index contributed by atoms with van der Waals surface area (Å²) < 4.78 is 24.9. The van der Waals surface area contributed by atoms with E-state index in [2.05, 4.69) is 19.2 Å². The van der Waals surface area contributed by atoms with Gasteiger partial charge in [0.15, 0.2) is 9.84 Å². The first-order valence-corrected chi connectivity index (χ1v) is 9.72. The first-order valence-electron chi connectivity index (χ1n) is 8.07. The zero-order valence-corrected chi connectivity index (χ0v) is 13.7. The molecule has 3 nitrogen and oxygen atoms in total. The highest BCUT2D eigenvalue weighted by Crippen LogP contribution is 2.49. The Labute approximate surface area is 128 Å². The van der Waals surface area contributed by atoms with Gasteiger partial charge in [0.25, 0.3) is 0 Å². The van der Waals surface area contributed by atoms with Crippen LogP contribution in [0.25, 0.3) is 0 Å². The van der Waals surface area contributed by atoms with Crippen molar-refractivity contribution in [2.75, 3.05) is 12.3 Å². The molecule has 0 amide bonds. The number of sulfone groups is 1. The van der Waals surface area contributed by atoms with E-state index in [9.17, 15) is 8.42 Å². The Hall–Kier alpha value is -0.870. The summed E-state index contributed by atoms with van der Waals surface area (Å²) in [5.41, 5.74) is 1.08. The van der Waals surface area contributed by atoms with Crippen LogP contribution in [-0.2, 0) is 9.84 Å². The van der Waals surface area contributed by atoms with Crippen molar-refractivity contribution >= 4 is 9.84 Å². The molecular formula is C17H25NO2S. The second-order valence-corrected chi connectivity index (χ2v) is 8.60. The first kappa shape index (κ1) is 15.0. The fraction of sp³-hybridized carbons (Fsp3) is 0.647. The number of rotatable bonds is 6. The van der Waals surface area contributed by atoms with Crippen LogP contribution in [0, 0.1) is 5.41 Å². The molecule has 0 aromatic heterocycles. The Balaban J connectivity index is 1.96. The maximum atomic E-state index is 12.5. The van der Waals surface area contributed by atoms with Crippen molar-refractivity contribution in [1.82, 2.24) is 5.32 Å². The van der Waals surface area contributed by atoms with Crippen molar-refractivity contribution in [1.29, 1.82) is 0 Å². The lowest BCUT2D eigenvalue weighted by Gasteiger charge is -2.38. The standard InChI is InChI=1S/C17H25NO2S/c1-3-17(4-2,12-18-13-9-10-13)15-11-21(19,20)16-8-6-5-7-14(15)16/h5-8,13,15,18H,3-4,9-12H2,1-2H3. The third-order valence-corrected chi connectivity index (χ3v) is 7.30. The molecule has 21 heavy (non-hydrogen) atoms. The van der Waals surface area contributed by atoms with Crippen LogP contribution < -0.4 is 5.32 Å². The van der Waals surface area contributed by atoms with Gasteiger partial charge in [-0.25, -0.2) is 8.42 Å². The number of hydrogen-bond donors (Lipinski definition) is 1. The fourth-order valence-electron chi connectivity index (χ4n) is 3.71. The normalized spacial score (nSPS) is 24.0. The molecule has 116 valence electrons. The molecule has 1 heterocycles. The van der Waals surface area contributed by atoms with Crippen LogP contribution in [0.15, 0.2) is 29.2 Å². The first-order chi connectivity index (χ1) is 10.0. The maximum Gasteiger partial charge on any atom is 0.179 e. The van der Waals surface area contributed by atoms with E-state index in [0.29, 0.717) is 10.9 Å². The Kier molecular flexibility index (Phi) is 3.87. The summed E-state index contributed by atoms with van der Waals surface area (Å²) in [6, 6.07) is 8.25. The van der Waals surface area contributed by atoms with Crippen molar-refractivity contribution < 1.29 is 8.42 Å². The molecule has 0 spiro atoms. The van der Waals surface area contributed by atoms with Gasteiger partial charge in [0, 0.05) is 18.5 Å². The molecule has 1 N–H and O–H groups in total. The molecule has 1 aromatic rings. The van der Waals surface area contributed by atoms with Gasteiger partial charge in [0.2, 0.25) is 0 Å². The minimum Gasteiger partial charge on any atom is -0.313 e. The Morgan fingerprint density at radius 3 is 2.48 bits per heavy atom. The molecule has 0 saturated heterocycles. The van der Waals surface area contributed by atoms with Gasteiger partial charge in [-0.3, -0.25) is 0 Å². The molecule has 3 rings (SSSR count). The summed E-state index contributed by atoms with van der Waals surface area (Å²) in [5, 5.41) is 3.64. The third kappa shape index (κ3) is 2.64. The predicted octanol–water partition coefficient (Wildman–Crippen LogP) is 3.12. The molecule has 0 radical (unpaired) electrons. The molecule has 1 saturated carbocycles. The molecule has 4 heteroatoms. The highest BCUT2D eigenvalue weighted by Gasteiger charge is 2.46. The van der Waals surface area contributed by atoms with Gasteiger partial charge in [-0.05, 0) is 42.7 Å². The molecule has 1 unspecified atom stereocenters. The fourth-order valence-corrected chi connectivity index (χ4v) is 5.72. The van der Waals surface area contributed by atoms with E-state index in [1.165, 1.54) is 12.8 Å². The summed E-state index contributed by atoms with van der Waals surface area (Å²) in [5.74, 6) is 0.403. The van der Waals surface area contributed by atoms with Crippen LogP contribution in [0.5, 0.6) is 0 Å². The molecule has 1 aliphatic heterocycles. The molecule has 1 aromatic carbocycles. The van der Waals surface area contributed by atoms with E-state index >= 15 is 0 Å². The molecule has 1 aliphatic carbocycles. The molecular weight excluding hydrogens is 282 g/mol. The summed E-state index contributed by atoms with van der Waals surface area (Å²) in [6.45, 7) is 5.33. The predicted molar refractivity (Wildman–Crippen MR) is 85.3 cm³/mol. The molecule has 1 fully saturated rings. The quantitative estimate of drug-likeness (QED) is 0.878. The second-order valence-electron chi connectivity index (χ2n) is 6.60. The second kappa shape index (κ2) is 5.40. The number of fused-ring (bicyclic) bond motifs is 1. The van der Waals surface area contributed by atoms with Crippen LogP contribution in [0.4, 0.5) is 0 Å². The average Bonchev–Trinajstić information content (AvgIpc) is 3.27. The SMILES string of the molecule is CCC(CC)(CNC1CC1)C1CS(=O)(=O)c2ccccc21. The van der Waals surface area contributed by atoms with Crippen molar-refractivity contribution in [3.63, 3.8) is 0 Å². The lowest BCUT2D eigenvalue weighted by atomic mass is 9.69. The number of benzene rings is 1. The lowest BCUT2D eigenvalue weighted by molar-refractivity contribution is 0.204. The van der Waals surface area contributed by atoms with E-state index in [-0.39, 0.29) is 17.1 Å². The average molecular weight is 307 g/mol. The smallest absolute Gasteiger partial charge is 0.179 e.